The summed E-state index contributed by atoms with van der Waals surface area (Å²) in [7, 11) is 0. The van der Waals surface area contributed by atoms with Gasteiger partial charge in [-0.05, 0) is 49.1 Å². The molecule has 0 spiro atoms. The Balaban J connectivity index is 1.60. The summed E-state index contributed by atoms with van der Waals surface area (Å²) in [6.07, 6.45) is 5.14. The summed E-state index contributed by atoms with van der Waals surface area (Å²) in [5, 5.41) is 12.6. The van der Waals surface area contributed by atoms with Crippen LogP contribution in [0.15, 0.2) is 36.4 Å². The lowest BCUT2D eigenvalue weighted by Gasteiger charge is -2.41. The van der Waals surface area contributed by atoms with E-state index in [0.29, 0.717) is 29.9 Å². The van der Waals surface area contributed by atoms with Gasteiger partial charge in [-0.3, -0.25) is 9.59 Å². The number of carbonyl (C=O) groups is 2. The highest BCUT2D eigenvalue weighted by Crippen LogP contribution is 2.63. The number of rotatable bonds is 5. The molecule has 1 amide bonds. The van der Waals surface area contributed by atoms with Crippen LogP contribution in [0.5, 0.6) is 5.75 Å². The van der Waals surface area contributed by atoms with E-state index in [0.717, 1.165) is 6.42 Å². The number of amides is 1. The van der Waals surface area contributed by atoms with E-state index < -0.39 is 17.8 Å². The van der Waals surface area contributed by atoms with Crippen molar-refractivity contribution >= 4 is 17.6 Å². The average molecular weight is 327 g/mol. The van der Waals surface area contributed by atoms with E-state index in [4.69, 9.17) is 4.74 Å². The second-order valence-corrected chi connectivity index (χ2v) is 6.91. The third-order valence-corrected chi connectivity index (χ3v) is 5.68. The molecule has 0 aromatic heterocycles. The minimum absolute atomic E-state index is 0.00427. The molecule has 24 heavy (non-hydrogen) atoms. The normalized spacial score (nSPS) is 35.2. The van der Waals surface area contributed by atoms with Crippen molar-refractivity contribution in [2.75, 3.05) is 11.9 Å². The van der Waals surface area contributed by atoms with Crippen molar-refractivity contribution in [1.82, 2.24) is 0 Å². The zero-order valence-corrected chi connectivity index (χ0v) is 13.5. The van der Waals surface area contributed by atoms with Crippen molar-refractivity contribution in [3.05, 3.63) is 36.4 Å². The van der Waals surface area contributed by atoms with Crippen molar-refractivity contribution < 1.29 is 19.4 Å². The molecule has 5 rings (SSSR count). The SMILES string of the molecule is CCOc1ccccc1NC(=O)C1C2C=CC(C3CC23)C1C(=O)O. The molecule has 1 aromatic carbocycles. The van der Waals surface area contributed by atoms with Crippen LogP contribution in [0.2, 0.25) is 0 Å². The zero-order chi connectivity index (χ0) is 16.8. The Morgan fingerprint density at radius 1 is 1.17 bits per heavy atom. The monoisotopic (exact) mass is 327 g/mol. The lowest BCUT2D eigenvalue weighted by molar-refractivity contribution is -0.152. The van der Waals surface area contributed by atoms with Gasteiger partial charge in [0.05, 0.1) is 24.1 Å². The Morgan fingerprint density at radius 3 is 2.50 bits per heavy atom. The molecule has 5 heteroatoms. The van der Waals surface area contributed by atoms with Gasteiger partial charge in [-0.15, -0.1) is 0 Å². The highest BCUT2D eigenvalue weighted by Gasteiger charge is 2.63. The average Bonchev–Trinajstić information content (AvgIpc) is 3.38. The maximum absolute atomic E-state index is 12.9. The van der Waals surface area contributed by atoms with Gasteiger partial charge in [0.15, 0.2) is 0 Å². The standard InChI is InChI=1S/C19H21NO4/c1-2-24-15-6-4-3-5-14(15)20-18(21)16-10-7-8-11(13-9-12(10)13)17(16)19(22)23/h3-8,10-13,16-17H,2,9H2,1H3,(H,20,21)(H,22,23). The molecule has 2 N–H and O–H groups in total. The van der Waals surface area contributed by atoms with Gasteiger partial charge >= 0.3 is 5.97 Å². The summed E-state index contributed by atoms with van der Waals surface area (Å²) in [4.78, 5) is 24.7. The van der Waals surface area contributed by atoms with Crippen LogP contribution in [0.1, 0.15) is 13.3 Å². The number of carboxylic acids is 1. The zero-order valence-electron chi connectivity index (χ0n) is 13.5. The number of benzene rings is 1. The van der Waals surface area contributed by atoms with Gasteiger partial charge in [-0.25, -0.2) is 0 Å². The number of aliphatic carboxylic acids is 1. The number of fused-ring (bicyclic) bond motifs is 1. The molecule has 2 bridgehead atoms. The quantitative estimate of drug-likeness (QED) is 0.816. The Morgan fingerprint density at radius 2 is 1.83 bits per heavy atom. The number of hydrogen-bond acceptors (Lipinski definition) is 3. The largest absolute Gasteiger partial charge is 0.492 e. The van der Waals surface area contributed by atoms with Gasteiger partial charge in [-0.2, -0.15) is 0 Å². The van der Waals surface area contributed by atoms with E-state index in [9.17, 15) is 14.7 Å². The number of hydrogen-bond donors (Lipinski definition) is 2. The number of para-hydroxylation sites is 2. The van der Waals surface area contributed by atoms with Crippen molar-refractivity contribution in [3.63, 3.8) is 0 Å². The Kier molecular flexibility index (Phi) is 3.59. The first kappa shape index (κ1) is 15.2. The molecule has 0 heterocycles. The van der Waals surface area contributed by atoms with E-state index in [1.165, 1.54) is 0 Å². The molecule has 6 atom stereocenters. The molecule has 126 valence electrons. The van der Waals surface area contributed by atoms with Gasteiger partial charge in [0.1, 0.15) is 5.75 Å². The third kappa shape index (κ3) is 2.30. The first-order chi connectivity index (χ1) is 11.6. The molecule has 5 nitrogen and oxygen atoms in total. The molecule has 6 unspecified atom stereocenters. The van der Waals surface area contributed by atoms with Crippen LogP contribution in [-0.2, 0) is 9.59 Å². The molecule has 2 fully saturated rings. The lowest BCUT2D eigenvalue weighted by atomic mass is 9.62. The van der Waals surface area contributed by atoms with Crippen molar-refractivity contribution in [3.8, 4) is 5.75 Å². The Hall–Kier alpha value is -2.30. The van der Waals surface area contributed by atoms with Crippen LogP contribution >= 0.6 is 0 Å². The minimum Gasteiger partial charge on any atom is -0.492 e. The first-order valence-electron chi connectivity index (χ1n) is 8.55. The molecule has 4 aliphatic carbocycles. The van der Waals surface area contributed by atoms with Gasteiger partial charge in [0.2, 0.25) is 5.91 Å². The van der Waals surface area contributed by atoms with Gasteiger partial charge in [-0.1, -0.05) is 24.3 Å². The fourth-order valence-corrected chi connectivity index (χ4v) is 4.64. The highest BCUT2D eigenvalue weighted by atomic mass is 16.5. The number of nitrogens with one attached hydrogen (secondary N) is 1. The summed E-state index contributed by atoms with van der Waals surface area (Å²) in [5.41, 5.74) is 0.603. The smallest absolute Gasteiger partial charge is 0.307 e. The first-order valence-corrected chi connectivity index (χ1v) is 8.55. The van der Waals surface area contributed by atoms with Crippen LogP contribution in [0.3, 0.4) is 0 Å². The van der Waals surface area contributed by atoms with Crippen molar-refractivity contribution in [1.29, 1.82) is 0 Å². The van der Waals surface area contributed by atoms with E-state index >= 15 is 0 Å². The summed E-state index contributed by atoms with van der Waals surface area (Å²) in [6, 6.07) is 7.27. The van der Waals surface area contributed by atoms with Crippen LogP contribution in [0, 0.1) is 35.5 Å². The van der Waals surface area contributed by atoms with E-state index in [-0.39, 0.29) is 17.7 Å². The van der Waals surface area contributed by atoms with Crippen molar-refractivity contribution in [2.45, 2.75) is 13.3 Å². The molecule has 1 aromatic rings. The Labute approximate surface area is 140 Å². The summed E-state index contributed by atoms with van der Waals surface area (Å²) in [5.74, 6) is -0.609. The number of ether oxygens (including phenoxy) is 1. The number of carboxylic acid groups (broad SMARTS) is 1. The molecule has 4 aliphatic rings. The third-order valence-electron chi connectivity index (χ3n) is 5.68. The van der Waals surface area contributed by atoms with Crippen molar-refractivity contribution in [2.24, 2.45) is 35.5 Å². The number of allylic oxidation sites excluding steroid dienone is 2. The molecule has 0 radical (unpaired) electrons. The predicted molar refractivity (Wildman–Crippen MR) is 88.6 cm³/mol. The second-order valence-electron chi connectivity index (χ2n) is 6.91. The molecular formula is C19H21NO4. The maximum atomic E-state index is 12.9. The van der Waals surface area contributed by atoms with Crippen LogP contribution < -0.4 is 10.1 Å². The molecular weight excluding hydrogens is 306 g/mol. The predicted octanol–water partition coefficient (Wildman–Crippen LogP) is 2.79. The fraction of sp³-hybridized carbons (Fsp3) is 0.474. The Bertz CT molecular complexity index is 713. The number of carbonyl (C=O) groups excluding carboxylic acids is 1. The minimum atomic E-state index is -0.863. The summed E-state index contributed by atoms with van der Waals surface area (Å²) < 4.78 is 5.55. The highest BCUT2D eigenvalue weighted by molar-refractivity contribution is 5.97. The van der Waals surface area contributed by atoms with E-state index in [2.05, 4.69) is 11.4 Å². The lowest BCUT2D eigenvalue weighted by Crippen LogP contribution is -2.48. The summed E-state index contributed by atoms with van der Waals surface area (Å²) >= 11 is 0. The summed E-state index contributed by atoms with van der Waals surface area (Å²) in [6.45, 7) is 2.39. The second kappa shape index (κ2) is 5.65. The van der Waals surface area contributed by atoms with E-state index in [1.54, 1.807) is 12.1 Å². The molecule has 0 aliphatic heterocycles. The molecule has 0 saturated heterocycles. The van der Waals surface area contributed by atoms with Crippen LogP contribution in [0.4, 0.5) is 5.69 Å². The van der Waals surface area contributed by atoms with E-state index in [1.807, 2.05) is 25.1 Å². The van der Waals surface area contributed by atoms with Crippen LogP contribution in [0.25, 0.3) is 0 Å². The molecule has 2 saturated carbocycles. The van der Waals surface area contributed by atoms with Gasteiger partial charge in [0, 0.05) is 0 Å². The maximum Gasteiger partial charge on any atom is 0.307 e. The van der Waals surface area contributed by atoms with Gasteiger partial charge in [0.25, 0.3) is 0 Å². The van der Waals surface area contributed by atoms with Gasteiger partial charge < -0.3 is 15.2 Å². The fourth-order valence-electron chi connectivity index (χ4n) is 4.64. The number of anilines is 1. The van der Waals surface area contributed by atoms with Crippen LogP contribution in [-0.4, -0.2) is 23.6 Å². The topological polar surface area (TPSA) is 75.6 Å².